The predicted octanol–water partition coefficient (Wildman–Crippen LogP) is 3.40. The Kier molecular flexibility index (Phi) is 6.50. The largest absolute Gasteiger partial charge is 0.326 e. The van der Waals surface area contributed by atoms with Crippen molar-refractivity contribution in [1.82, 2.24) is 4.90 Å². The Balaban J connectivity index is 2.62. The Morgan fingerprint density at radius 1 is 1.18 bits per heavy atom. The molecule has 3 atom stereocenters. The molecule has 1 saturated carbocycles. The van der Waals surface area contributed by atoms with E-state index in [9.17, 15) is 0 Å². The van der Waals surface area contributed by atoms with Gasteiger partial charge in [-0.15, -0.1) is 0 Å². The molecule has 1 fully saturated rings. The van der Waals surface area contributed by atoms with Crippen molar-refractivity contribution in [3.05, 3.63) is 0 Å². The highest BCUT2D eigenvalue weighted by atomic mass is 15.2. The molecule has 2 heteroatoms. The molecule has 2 nitrogen and oxygen atoms in total. The van der Waals surface area contributed by atoms with Crippen LogP contribution in [-0.2, 0) is 0 Å². The molecule has 0 aromatic rings. The Morgan fingerprint density at radius 2 is 1.88 bits per heavy atom. The zero-order chi connectivity index (χ0) is 12.8. The van der Waals surface area contributed by atoms with E-state index in [1.165, 1.54) is 45.1 Å². The van der Waals surface area contributed by atoms with E-state index in [0.717, 1.165) is 5.92 Å². The highest BCUT2D eigenvalue weighted by molar-refractivity contribution is 4.90. The van der Waals surface area contributed by atoms with Gasteiger partial charge in [0.25, 0.3) is 0 Å². The average Bonchev–Trinajstić information content (AvgIpc) is 2.29. The molecule has 0 amide bonds. The van der Waals surface area contributed by atoms with E-state index in [2.05, 4.69) is 32.6 Å². The average molecular weight is 240 g/mol. The molecule has 0 saturated heterocycles. The van der Waals surface area contributed by atoms with Crippen LogP contribution in [-0.4, -0.2) is 29.6 Å². The minimum atomic E-state index is 0.400. The van der Waals surface area contributed by atoms with Gasteiger partial charge in [0.05, 0.1) is 0 Å². The topological polar surface area (TPSA) is 29.3 Å². The summed E-state index contributed by atoms with van der Waals surface area (Å²) in [7, 11) is 0. The van der Waals surface area contributed by atoms with Gasteiger partial charge in [-0.2, -0.15) is 0 Å². The van der Waals surface area contributed by atoms with Gasteiger partial charge in [0.15, 0.2) is 0 Å². The van der Waals surface area contributed by atoms with E-state index in [0.29, 0.717) is 18.1 Å². The fraction of sp³-hybridized carbons (Fsp3) is 1.00. The molecule has 17 heavy (non-hydrogen) atoms. The zero-order valence-corrected chi connectivity index (χ0v) is 12.3. The van der Waals surface area contributed by atoms with Crippen molar-refractivity contribution in [2.24, 2.45) is 11.7 Å². The fourth-order valence-electron chi connectivity index (χ4n) is 3.37. The number of hydrogen-bond donors (Lipinski definition) is 1. The van der Waals surface area contributed by atoms with Crippen molar-refractivity contribution in [2.45, 2.75) is 84.3 Å². The third-order valence-electron chi connectivity index (χ3n) is 4.25. The van der Waals surface area contributed by atoms with Gasteiger partial charge in [-0.05, 0) is 52.0 Å². The van der Waals surface area contributed by atoms with E-state index in [1.54, 1.807) is 0 Å². The number of rotatable bonds is 6. The van der Waals surface area contributed by atoms with Gasteiger partial charge in [-0.1, -0.05) is 26.7 Å². The first-order valence-electron chi connectivity index (χ1n) is 7.61. The van der Waals surface area contributed by atoms with Gasteiger partial charge in [-0.3, -0.25) is 4.90 Å². The number of hydrogen-bond acceptors (Lipinski definition) is 2. The standard InChI is InChI=1S/C15H32N2/c1-5-7-13-8-9-14(16)15(11-13)17(10-6-2)12(3)4/h12-15H,5-11,16H2,1-4H3. The van der Waals surface area contributed by atoms with E-state index in [1.807, 2.05) is 0 Å². The molecule has 0 aromatic heterocycles. The minimum Gasteiger partial charge on any atom is -0.326 e. The first-order valence-corrected chi connectivity index (χ1v) is 7.61. The maximum absolute atomic E-state index is 6.36. The lowest BCUT2D eigenvalue weighted by Gasteiger charge is -2.43. The molecule has 1 rings (SSSR count). The van der Waals surface area contributed by atoms with Crippen LogP contribution in [0.1, 0.15) is 66.2 Å². The summed E-state index contributed by atoms with van der Waals surface area (Å²) in [6.07, 6.45) is 7.85. The molecule has 0 aromatic carbocycles. The van der Waals surface area contributed by atoms with Gasteiger partial charge in [-0.25, -0.2) is 0 Å². The third-order valence-corrected chi connectivity index (χ3v) is 4.25. The lowest BCUT2D eigenvalue weighted by molar-refractivity contribution is 0.0815. The van der Waals surface area contributed by atoms with Crippen LogP contribution < -0.4 is 5.73 Å². The maximum atomic E-state index is 6.36. The summed E-state index contributed by atoms with van der Waals surface area (Å²) in [6, 6.07) is 1.66. The Morgan fingerprint density at radius 3 is 2.41 bits per heavy atom. The molecule has 1 aliphatic carbocycles. The second-order valence-electron chi connectivity index (χ2n) is 6.03. The van der Waals surface area contributed by atoms with Crippen LogP contribution in [0.25, 0.3) is 0 Å². The molecule has 2 N–H and O–H groups in total. The molecule has 0 spiro atoms. The molecular formula is C15H32N2. The zero-order valence-electron chi connectivity index (χ0n) is 12.3. The molecule has 3 unspecified atom stereocenters. The highest BCUT2D eigenvalue weighted by Gasteiger charge is 2.32. The first-order chi connectivity index (χ1) is 8.10. The van der Waals surface area contributed by atoms with Crippen LogP contribution in [0.4, 0.5) is 0 Å². The van der Waals surface area contributed by atoms with Gasteiger partial charge >= 0.3 is 0 Å². The summed E-state index contributed by atoms with van der Waals surface area (Å²) >= 11 is 0. The SMILES string of the molecule is CCCC1CCC(N)C(N(CCC)C(C)C)C1. The van der Waals surface area contributed by atoms with Crippen molar-refractivity contribution in [3.63, 3.8) is 0 Å². The van der Waals surface area contributed by atoms with E-state index in [-0.39, 0.29) is 0 Å². The second kappa shape index (κ2) is 7.38. The van der Waals surface area contributed by atoms with Crippen molar-refractivity contribution in [3.8, 4) is 0 Å². The van der Waals surface area contributed by atoms with Gasteiger partial charge < -0.3 is 5.73 Å². The predicted molar refractivity (Wildman–Crippen MR) is 76.1 cm³/mol. The Bertz CT molecular complexity index is 203. The molecule has 1 aliphatic rings. The molecule has 0 aliphatic heterocycles. The third kappa shape index (κ3) is 4.26. The quantitative estimate of drug-likeness (QED) is 0.771. The lowest BCUT2D eigenvalue weighted by Crippen LogP contribution is -2.53. The van der Waals surface area contributed by atoms with Crippen LogP contribution in [0.3, 0.4) is 0 Å². The summed E-state index contributed by atoms with van der Waals surface area (Å²) in [5, 5.41) is 0. The Labute approximate surface area is 108 Å². The number of nitrogens with two attached hydrogens (primary N) is 1. The van der Waals surface area contributed by atoms with Gasteiger partial charge in [0, 0.05) is 18.1 Å². The summed E-state index contributed by atoms with van der Waals surface area (Å²) in [5.41, 5.74) is 6.36. The number of nitrogens with zero attached hydrogens (tertiary/aromatic N) is 1. The summed E-state index contributed by atoms with van der Waals surface area (Å²) in [4.78, 5) is 2.65. The van der Waals surface area contributed by atoms with Crippen LogP contribution >= 0.6 is 0 Å². The van der Waals surface area contributed by atoms with Crippen molar-refractivity contribution in [2.75, 3.05) is 6.54 Å². The maximum Gasteiger partial charge on any atom is 0.0252 e. The van der Waals surface area contributed by atoms with Crippen LogP contribution in [0.15, 0.2) is 0 Å². The molecule has 0 bridgehead atoms. The van der Waals surface area contributed by atoms with Crippen LogP contribution in [0.2, 0.25) is 0 Å². The Hall–Kier alpha value is -0.0800. The monoisotopic (exact) mass is 240 g/mol. The molecular weight excluding hydrogens is 208 g/mol. The second-order valence-corrected chi connectivity index (χ2v) is 6.03. The van der Waals surface area contributed by atoms with Crippen molar-refractivity contribution < 1.29 is 0 Å². The van der Waals surface area contributed by atoms with Crippen LogP contribution in [0.5, 0.6) is 0 Å². The van der Waals surface area contributed by atoms with Crippen molar-refractivity contribution in [1.29, 1.82) is 0 Å². The summed E-state index contributed by atoms with van der Waals surface area (Å²) < 4.78 is 0. The molecule has 102 valence electrons. The van der Waals surface area contributed by atoms with Gasteiger partial charge in [0.1, 0.15) is 0 Å². The lowest BCUT2D eigenvalue weighted by atomic mass is 9.79. The van der Waals surface area contributed by atoms with Crippen molar-refractivity contribution >= 4 is 0 Å². The van der Waals surface area contributed by atoms with Gasteiger partial charge in [0.2, 0.25) is 0 Å². The highest BCUT2D eigenvalue weighted by Crippen LogP contribution is 2.31. The minimum absolute atomic E-state index is 0.400. The van der Waals surface area contributed by atoms with E-state index in [4.69, 9.17) is 5.73 Å². The normalized spacial score (nSPS) is 30.2. The smallest absolute Gasteiger partial charge is 0.0252 e. The molecule has 0 heterocycles. The molecule has 0 radical (unpaired) electrons. The fourth-order valence-corrected chi connectivity index (χ4v) is 3.37. The summed E-state index contributed by atoms with van der Waals surface area (Å²) in [6.45, 7) is 10.4. The van der Waals surface area contributed by atoms with Crippen LogP contribution in [0, 0.1) is 5.92 Å². The van der Waals surface area contributed by atoms with E-state index < -0.39 is 0 Å². The first kappa shape index (κ1) is 15.0. The van der Waals surface area contributed by atoms with E-state index >= 15 is 0 Å². The summed E-state index contributed by atoms with van der Waals surface area (Å²) in [5.74, 6) is 0.919.